The van der Waals surface area contributed by atoms with Crippen LogP contribution in [0.4, 0.5) is 5.69 Å². The Kier molecular flexibility index (Phi) is 4.25. The molecule has 1 saturated heterocycles. The molecule has 0 spiro atoms. The van der Waals surface area contributed by atoms with E-state index in [1.165, 1.54) is 22.5 Å². The van der Waals surface area contributed by atoms with Crippen molar-refractivity contribution in [3.05, 3.63) is 23.8 Å². The number of rotatable bonds is 4. The number of hydrogen-bond acceptors (Lipinski definition) is 4. The van der Waals surface area contributed by atoms with Gasteiger partial charge in [0.25, 0.3) is 0 Å². The Morgan fingerprint density at radius 2 is 2.10 bits per heavy atom. The van der Waals surface area contributed by atoms with Crippen molar-refractivity contribution in [1.29, 1.82) is 0 Å². The zero-order valence-corrected chi connectivity index (χ0v) is 12.9. The smallest absolute Gasteiger partial charge is 0.337 e. The molecule has 1 fully saturated rings. The summed E-state index contributed by atoms with van der Waals surface area (Å²) in [5.74, 6) is -1.27. The largest absolute Gasteiger partial charge is 0.478 e. The Labute approximate surface area is 124 Å². The summed E-state index contributed by atoms with van der Waals surface area (Å²) in [6, 6.07) is 3.65. The lowest BCUT2D eigenvalue weighted by Gasteiger charge is -2.27. The van der Waals surface area contributed by atoms with Crippen molar-refractivity contribution in [2.75, 3.05) is 5.73 Å². The van der Waals surface area contributed by atoms with Crippen molar-refractivity contribution in [3.63, 3.8) is 0 Å². The molecule has 21 heavy (non-hydrogen) atoms. The zero-order chi connectivity index (χ0) is 15.8. The van der Waals surface area contributed by atoms with Gasteiger partial charge in [-0.05, 0) is 44.4 Å². The Balaban J connectivity index is 2.59. The molecule has 2 unspecified atom stereocenters. The second-order valence-corrected chi connectivity index (χ2v) is 7.20. The van der Waals surface area contributed by atoms with E-state index in [1.807, 2.05) is 13.8 Å². The van der Waals surface area contributed by atoms with E-state index >= 15 is 0 Å². The molecule has 0 aromatic heterocycles. The molecule has 1 aromatic carbocycles. The maximum absolute atomic E-state index is 12.9. The lowest BCUT2D eigenvalue weighted by molar-refractivity contribution is 0.0692. The van der Waals surface area contributed by atoms with E-state index in [1.54, 1.807) is 0 Å². The molecule has 7 heteroatoms. The molecular formula is C14H20N2O4S. The number of carboxylic acids is 1. The molecule has 1 heterocycles. The van der Waals surface area contributed by atoms with Crippen LogP contribution in [0.2, 0.25) is 0 Å². The first-order chi connectivity index (χ1) is 9.78. The first kappa shape index (κ1) is 15.8. The van der Waals surface area contributed by atoms with E-state index in [-0.39, 0.29) is 28.2 Å². The molecule has 0 bridgehead atoms. The standard InChI is InChI=1S/C14H20N2O4S/c1-3-11-6-4-9(2)16(11)21(19,20)13-8-10(15)5-7-12(13)14(17)18/h5,7-9,11H,3-4,6,15H2,1-2H3,(H,17,18). The summed E-state index contributed by atoms with van der Waals surface area (Å²) in [5, 5.41) is 9.23. The molecule has 2 rings (SSSR count). The van der Waals surface area contributed by atoms with E-state index < -0.39 is 16.0 Å². The van der Waals surface area contributed by atoms with Gasteiger partial charge in [-0.25, -0.2) is 13.2 Å². The number of nitrogens with zero attached hydrogens (tertiary/aromatic N) is 1. The topological polar surface area (TPSA) is 101 Å². The average Bonchev–Trinajstić information content (AvgIpc) is 2.80. The summed E-state index contributed by atoms with van der Waals surface area (Å²) in [6.45, 7) is 3.78. The molecular weight excluding hydrogens is 292 g/mol. The number of sulfonamides is 1. The van der Waals surface area contributed by atoms with Crippen LogP contribution >= 0.6 is 0 Å². The minimum absolute atomic E-state index is 0.0897. The van der Waals surface area contributed by atoms with Crippen molar-refractivity contribution in [2.24, 2.45) is 0 Å². The zero-order valence-electron chi connectivity index (χ0n) is 12.1. The second-order valence-electron chi connectivity index (χ2n) is 5.38. The highest BCUT2D eigenvalue weighted by molar-refractivity contribution is 7.89. The summed E-state index contributed by atoms with van der Waals surface area (Å²) in [5.41, 5.74) is 5.65. The summed E-state index contributed by atoms with van der Waals surface area (Å²) >= 11 is 0. The average molecular weight is 312 g/mol. The molecule has 2 atom stereocenters. The van der Waals surface area contributed by atoms with Crippen LogP contribution in [0.5, 0.6) is 0 Å². The summed E-state index contributed by atoms with van der Waals surface area (Å²) < 4.78 is 27.2. The van der Waals surface area contributed by atoms with Gasteiger partial charge in [0.2, 0.25) is 10.0 Å². The Hall–Kier alpha value is -1.60. The van der Waals surface area contributed by atoms with E-state index in [2.05, 4.69) is 0 Å². The van der Waals surface area contributed by atoms with Crippen LogP contribution in [0.15, 0.2) is 23.1 Å². The number of aromatic carboxylic acids is 1. The van der Waals surface area contributed by atoms with Crippen molar-refractivity contribution in [3.8, 4) is 0 Å². The SMILES string of the molecule is CCC1CCC(C)N1S(=O)(=O)c1cc(N)ccc1C(=O)O. The molecule has 0 aliphatic carbocycles. The maximum atomic E-state index is 12.9. The van der Waals surface area contributed by atoms with Gasteiger partial charge >= 0.3 is 5.97 Å². The highest BCUT2D eigenvalue weighted by atomic mass is 32.2. The van der Waals surface area contributed by atoms with E-state index in [0.29, 0.717) is 6.42 Å². The van der Waals surface area contributed by atoms with Crippen LogP contribution < -0.4 is 5.73 Å². The summed E-state index contributed by atoms with van der Waals surface area (Å²) in [6.07, 6.45) is 2.28. The Morgan fingerprint density at radius 1 is 1.43 bits per heavy atom. The first-order valence-corrected chi connectivity index (χ1v) is 8.39. The monoisotopic (exact) mass is 312 g/mol. The molecule has 1 aromatic rings. The maximum Gasteiger partial charge on any atom is 0.337 e. The van der Waals surface area contributed by atoms with Gasteiger partial charge < -0.3 is 10.8 Å². The molecule has 1 aliphatic rings. The quantitative estimate of drug-likeness (QED) is 0.827. The van der Waals surface area contributed by atoms with Gasteiger partial charge in [-0.1, -0.05) is 6.92 Å². The fraction of sp³-hybridized carbons (Fsp3) is 0.500. The van der Waals surface area contributed by atoms with Crippen molar-refractivity contribution in [2.45, 2.75) is 50.1 Å². The van der Waals surface area contributed by atoms with Gasteiger partial charge in [0.15, 0.2) is 0 Å². The Bertz CT molecular complexity index is 657. The molecule has 6 nitrogen and oxygen atoms in total. The first-order valence-electron chi connectivity index (χ1n) is 6.95. The predicted octanol–water partition coefficient (Wildman–Crippen LogP) is 1.92. The lowest BCUT2D eigenvalue weighted by atomic mass is 10.2. The third-order valence-electron chi connectivity index (χ3n) is 3.97. The van der Waals surface area contributed by atoms with Crippen LogP contribution in [-0.2, 0) is 10.0 Å². The van der Waals surface area contributed by atoms with E-state index in [9.17, 15) is 18.3 Å². The van der Waals surface area contributed by atoms with Crippen LogP contribution in [-0.4, -0.2) is 35.9 Å². The molecule has 0 radical (unpaired) electrons. The third kappa shape index (κ3) is 2.75. The fourth-order valence-electron chi connectivity index (χ4n) is 2.91. The summed E-state index contributed by atoms with van der Waals surface area (Å²) in [4.78, 5) is 11.1. The highest BCUT2D eigenvalue weighted by Crippen LogP contribution is 2.34. The minimum atomic E-state index is -3.87. The molecule has 116 valence electrons. The lowest BCUT2D eigenvalue weighted by Crippen LogP contribution is -2.40. The van der Waals surface area contributed by atoms with E-state index in [4.69, 9.17) is 5.73 Å². The van der Waals surface area contributed by atoms with Crippen molar-refractivity contribution in [1.82, 2.24) is 4.31 Å². The van der Waals surface area contributed by atoms with Crippen LogP contribution in [0, 0.1) is 0 Å². The number of carbonyl (C=O) groups is 1. The predicted molar refractivity (Wildman–Crippen MR) is 79.6 cm³/mol. The molecule has 0 saturated carbocycles. The van der Waals surface area contributed by atoms with Gasteiger partial charge in [0.05, 0.1) is 10.5 Å². The number of hydrogen-bond donors (Lipinski definition) is 2. The number of nitrogens with two attached hydrogens (primary N) is 1. The van der Waals surface area contributed by atoms with Gasteiger partial charge in [0, 0.05) is 17.8 Å². The molecule has 1 aliphatic heterocycles. The van der Waals surface area contributed by atoms with Gasteiger partial charge in [-0.3, -0.25) is 0 Å². The van der Waals surface area contributed by atoms with E-state index in [0.717, 1.165) is 12.8 Å². The second kappa shape index (κ2) is 5.65. The number of anilines is 1. The molecule has 3 N–H and O–H groups in total. The molecule has 0 amide bonds. The van der Waals surface area contributed by atoms with Gasteiger partial charge in [-0.15, -0.1) is 0 Å². The number of benzene rings is 1. The van der Waals surface area contributed by atoms with Crippen molar-refractivity contribution < 1.29 is 18.3 Å². The number of carboxylic acid groups (broad SMARTS) is 1. The van der Waals surface area contributed by atoms with Crippen LogP contribution in [0.25, 0.3) is 0 Å². The minimum Gasteiger partial charge on any atom is -0.478 e. The van der Waals surface area contributed by atoms with Crippen molar-refractivity contribution >= 4 is 21.7 Å². The summed E-state index contributed by atoms with van der Waals surface area (Å²) in [7, 11) is -3.87. The van der Waals surface area contributed by atoms with Gasteiger partial charge in [-0.2, -0.15) is 4.31 Å². The fourth-order valence-corrected chi connectivity index (χ4v) is 5.08. The Morgan fingerprint density at radius 3 is 2.67 bits per heavy atom. The number of nitrogen functional groups attached to an aromatic ring is 1. The van der Waals surface area contributed by atoms with Crippen LogP contribution in [0.1, 0.15) is 43.5 Å². The normalized spacial score (nSPS) is 23.3. The van der Waals surface area contributed by atoms with Crippen LogP contribution in [0.3, 0.4) is 0 Å². The third-order valence-corrected chi connectivity index (χ3v) is 6.08. The van der Waals surface area contributed by atoms with Gasteiger partial charge in [0.1, 0.15) is 0 Å². The highest BCUT2D eigenvalue weighted by Gasteiger charge is 2.40.